The first-order chi connectivity index (χ1) is 9.99. The number of benzene rings is 1. The number of rotatable bonds is 2. The zero-order chi connectivity index (χ0) is 15.1. The molecule has 7 heteroatoms. The van der Waals surface area contributed by atoms with Gasteiger partial charge >= 0.3 is 0 Å². The average Bonchev–Trinajstić information content (AvgIpc) is 2.95. The van der Waals surface area contributed by atoms with E-state index in [-0.39, 0.29) is 22.7 Å². The molecule has 0 fully saturated rings. The van der Waals surface area contributed by atoms with Crippen molar-refractivity contribution in [2.24, 2.45) is 0 Å². The minimum atomic E-state index is -0.740. The van der Waals surface area contributed by atoms with Gasteiger partial charge in [-0.3, -0.25) is 0 Å². The van der Waals surface area contributed by atoms with E-state index in [1.54, 1.807) is 0 Å². The molecule has 0 spiro atoms. The molecule has 0 atom stereocenters. The number of nitrogen functional groups attached to an aromatic ring is 1. The first-order valence-corrected chi connectivity index (χ1v) is 7.19. The second-order valence-corrected chi connectivity index (χ2v) is 5.72. The Morgan fingerprint density at radius 3 is 2.71 bits per heavy atom. The summed E-state index contributed by atoms with van der Waals surface area (Å²) in [5, 5.41) is 6.02. The van der Waals surface area contributed by atoms with Gasteiger partial charge in [-0.2, -0.15) is 0 Å². The maximum Gasteiger partial charge on any atom is 0.188 e. The standard InChI is InChI=1S/C14H9ClF2N2OS/c1-6-5-21-13(11(6)15)12-10(14(18)19-20-12)8-3-2-7(16)4-9(8)17/h2-5H,1H3,(H2,18,19). The molecule has 0 aliphatic carbocycles. The van der Waals surface area contributed by atoms with E-state index >= 15 is 0 Å². The quantitative estimate of drug-likeness (QED) is 0.729. The lowest BCUT2D eigenvalue weighted by molar-refractivity contribution is 0.437. The molecule has 2 N–H and O–H groups in total. The van der Waals surface area contributed by atoms with E-state index in [1.807, 2.05) is 12.3 Å². The third-order valence-corrected chi connectivity index (χ3v) is 4.72. The summed E-state index contributed by atoms with van der Waals surface area (Å²) in [5.41, 5.74) is 7.04. The zero-order valence-corrected chi connectivity index (χ0v) is 12.4. The molecular weight excluding hydrogens is 318 g/mol. The summed E-state index contributed by atoms with van der Waals surface area (Å²) >= 11 is 7.55. The van der Waals surface area contributed by atoms with Crippen molar-refractivity contribution in [1.29, 1.82) is 0 Å². The predicted molar refractivity (Wildman–Crippen MR) is 79.3 cm³/mol. The number of hydrogen-bond acceptors (Lipinski definition) is 4. The fourth-order valence-corrected chi connectivity index (χ4v) is 3.25. The van der Waals surface area contributed by atoms with Gasteiger partial charge < -0.3 is 10.3 Å². The van der Waals surface area contributed by atoms with Crippen molar-refractivity contribution in [3.63, 3.8) is 0 Å². The summed E-state index contributed by atoms with van der Waals surface area (Å²) in [7, 11) is 0. The van der Waals surface area contributed by atoms with Gasteiger partial charge in [0.15, 0.2) is 11.6 Å². The van der Waals surface area contributed by atoms with Crippen molar-refractivity contribution in [2.45, 2.75) is 6.92 Å². The molecule has 0 unspecified atom stereocenters. The summed E-state index contributed by atoms with van der Waals surface area (Å²) in [6.07, 6.45) is 0. The summed E-state index contributed by atoms with van der Waals surface area (Å²) in [5.74, 6) is -1.10. The maximum absolute atomic E-state index is 14.0. The summed E-state index contributed by atoms with van der Waals surface area (Å²) < 4.78 is 32.3. The molecule has 0 amide bonds. The van der Waals surface area contributed by atoms with E-state index in [4.69, 9.17) is 21.9 Å². The molecule has 108 valence electrons. The second kappa shape index (κ2) is 5.13. The summed E-state index contributed by atoms with van der Waals surface area (Å²) in [6, 6.07) is 3.23. The highest BCUT2D eigenvalue weighted by atomic mass is 35.5. The van der Waals surface area contributed by atoms with E-state index in [0.29, 0.717) is 9.90 Å². The van der Waals surface area contributed by atoms with Gasteiger partial charge in [-0.1, -0.05) is 16.8 Å². The smallest absolute Gasteiger partial charge is 0.188 e. The minimum absolute atomic E-state index is 0.0256. The van der Waals surface area contributed by atoms with Gasteiger partial charge in [0.1, 0.15) is 11.6 Å². The molecule has 3 rings (SSSR count). The molecule has 3 aromatic rings. The molecule has 2 heterocycles. The molecule has 0 radical (unpaired) electrons. The molecule has 0 aliphatic heterocycles. The molecule has 1 aromatic carbocycles. The van der Waals surface area contributed by atoms with E-state index in [2.05, 4.69) is 5.16 Å². The van der Waals surface area contributed by atoms with Gasteiger partial charge in [-0.15, -0.1) is 11.3 Å². The van der Waals surface area contributed by atoms with Crippen molar-refractivity contribution >= 4 is 28.8 Å². The molecule has 0 saturated carbocycles. The van der Waals surface area contributed by atoms with Crippen LogP contribution in [0, 0.1) is 18.6 Å². The number of halogens is 3. The third-order valence-electron chi connectivity index (χ3n) is 3.02. The van der Waals surface area contributed by atoms with Crippen LogP contribution < -0.4 is 5.73 Å². The van der Waals surface area contributed by atoms with Crippen LogP contribution in [0.4, 0.5) is 14.6 Å². The Balaban J connectivity index is 2.24. The van der Waals surface area contributed by atoms with Crippen molar-refractivity contribution in [3.05, 3.63) is 45.8 Å². The third kappa shape index (κ3) is 2.30. The van der Waals surface area contributed by atoms with Crippen molar-refractivity contribution in [3.8, 4) is 21.8 Å². The fraction of sp³-hybridized carbons (Fsp3) is 0.0714. The Hall–Kier alpha value is -1.92. The number of nitrogens with two attached hydrogens (primary N) is 1. The first-order valence-electron chi connectivity index (χ1n) is 5.93. The highest BCUT2D eigenvalue weighted by molar-refractivity contribution is 7.14. The predicted octanol–water partition coefficient (Wildman–Crippen LogP) is 4.89. The van der Waals surface area contributed by atoms with E-state index < -0.39 is 11.6 Å². The Bertz CT molecular complexity index is 828. The molecule has 2 aromatic heterocycles. The Kier molecular flexibility index (Phi) is 3.43. The monoisotopic (exact) mass is 326 g/mol. The minimum Gasteiger partial charge on any atom is -0.380 e. The van der Waals surface area contributed by atoms with E-state index in [0.717, 1.165) is 17.7 Å². The fourth-order valence-electron chi connectivity index (χ4n) is 1.99. The molecular formula is C14H9ClF2N2OS. The maximum atomic E-state index is 14.0. The van der Waals surface area contributed by atoms with Gasteiger partial charge in [0.25, 0.3) is 0 Å². The lowest BCUT2D eigenvalue weighted by Crippen LogP contribution is -1.92. The van der Waals surface area contributed by atoms with Crippen LogP contribution in [0.15, 0.2) is 28.1 Å². The molecule has 0 bridgehead atoms. The number of aromatic nitrogens is 1. The molecule has 0 aliphatic rings. The van der Waals surface area contributed by atoms with Crippen molar-refractivity contribution in [1.82, 2.24) is 5.16 Å². The number of thiophene rings is 1. The molecule has 3 nitrogen and oxygen atoms in total. The van der Waals surface area contributed by atoms with Crippen LogP contribution in [0.3, 0.4) is 0 Å². The molecule has 0 saturated heterocycles. The highest BCUT2D eigenvalue weighted by Crippen LogP contribution is 2.44. The lowest BCUT2D eigenvalue weighted by Gasteiger charge is -2.04. The summed E-state index contributed by atoms with van der Waals surface area (Å²) in [6.45, 7) is 1.85. The van der Waals surface area contributed by atoms with Gasteiger partial charge in [0, 0.05) is 11.6 Å². The van der Waals surface area contributed by atoms with Gasteiger partial charge in [0.2, 0.25) is 0 Å². The topological polar surface area (TPSA) is 52.0 Å². The zero-order valence-electron chi connectivity index (χ0n) is 10.8. The molecule has 21 heavy (non-hydrogen) atoms. The van der Waals surface area contributed by atoms with Crippen LogP contribution in [0.2, 0.25) is 5.02 Å². The average molecular weight is 327 g/mol. The lowest BCUT2D eigenvalue weighted by atomic mass is 10.0. The van der Waals surface area contributed by atoms with Crippen LogP contribution >= 0.6 is 22.9 Å². The van der Waals surface area contributed by atoms with Crippen LogP contribution in [0.25, 0.3) is 21.8 Å². The normalized spacial score (nSPS) is 11.0. The van der Waals surface area contributed by atoms with Gasteiger partial charge in [0.05, 0.1) is 15.5 Å². The van der Waals surface area contributed by atoms with Crippen LogP contribution in [0.1, 0.15) is 5.56 Å². The van der Waals surface area contributed by atoms with E-state index in [1.165, 1.54) is 17.4 Å². The van der Waals surface area contributed by atoms with E-state index in [9.17, 15) is 8.78 Å². The number of aryl methyl sites for hydroxylation is 1. The first kappa shape index (κ1) is 14.0. The Labute approximate surface area is 127 Å². The van der Waals surface area contributed by atoms with Crippen molar-refractivity contribution < 1.29 is 13.3 Å². The Morgan fingerprint density at radius 1 is 1.33 bits per heavy atom. The summed E-state index contributed by atoms with van der Waals surface area (Å²) in [4.78, 5) is 0.608. The van der Waals surface area contributed by atoms with Crippen LogP contribution in [-0.4, -0.2) is 5.16 Å². The van der Waals surface area contributed by atoms with Crippen molar-refractivity contribution in [2.75, 3.05) is 5.73 Å². The highest BCUT2D eigenvalue weighted by Gasteiger charge is 2.24. The largest absolute Gasteiger partial charge is 0.380 e. The second-order valence-electron chi connectivity index (χ2n) is 4.46. The number of nitrogens with zero attached hydrogens (tertiary/aromatic N) is 1. The Morgan fingerprint density at radius 2 is 2.10 bits per heavy atom. The van der Waals surface area contributed by atoms with Gasteiger partial charge in [-0.25, -0.2) is 8.78 Å². The SMILES string of the molecule is Cc1csc(-c2onc(N)c2-c2ccc(F)cc2F)c1Cl. The van der Waals surface area contributed by atoms with Crippen LogP contribution in [-0.2, 0) is 0 Å². The van der Waals surface area contributed by atoms with Gasteiger partial charge in [-0.05, 0) is 30.0 Å². The number of anilines is 1. The number of hydrogen-bond donors (Lipinski definition) is 1. The van der Waals surface area contributed by atoms with Crippen LogP contribution in [0.5, 0.6) is 0 Å².